The highest BCUT2D eigenvalue weighted by atomic mass is 32.2. The van der Waals surface area contributed by atoms with E-state index >= 15 is 0 Å². The van der Waals surface area contributed by atoms with E-state index < -0.39 is 10.0 Å². The average molecular weight is 429 g/mol. The zero-order valence-electron chi connectivity index (χ0n) is 17.4. The molecule has 0 atom stereocenters. The number of pyridine rings is 1. The van der Waals surface area contributed by atoms with Crippen LogP contribution in [-0.2, 0) is 14.8 Å². The molecule has 1 aromatic heterocycles. The Balaban J connectivity index is 1.58. The van der Waals surface area contributed by atoms with Crippen molar-refractivity contribution < 1.29 is 13.2 Å². The molecule has 3 rings (SSSR count). The summed E-state index contributed by atoms with van der Waals surface area (Å²) in [4.78, 5) is 21.1. The van der Waals surface area contributed by atoms with Crippen LogP contribution in [0.5, 0.6) is 0 Å². The van der Waals surface area contributed by atoms with Gasteiger partial charge in [-0.1, -0.05) is 32.0 Å². The SMILES string of the molecule is CCN(CC)S(=O)(=O)c1ccc(C=CC(=O)N2CCN(c3ccccn3)CC2)cc1. The van der Waals surface area contributed by atoms with Gasteiger partial charge in [0.1, 0.15) is 5.82 Å². The number of piperazine rings is 1. The molecule has 0 spiro atoms. The van der Waals surface area contributed by atoms with Gasteiger partial charge >= 0.3 is 0 Å². The van der Waals surface area contributed by atoms with Crippen molar-refractivity contribution in [1.29, 1.82) is 0 Å². The zero-order valence-corrected chi connectivity index (χ0v) is 18.3. The molecule has 1 aliphatic rings. The van der Waals surface area contributed by atoms with Crippen molar-refractivity contribution in [3.8, 4) is 0 Å². The highest BCUT2D eigenvalue weighted by molar-refractivity contribution is 7.89. The third-order valence-electron chi connectivity index (χ3n) is 5.21. The minimum Gasteiger partial charge on any atom is -0.353 e. The molecule has 7 nitrogen and oxygen atoms in total. The van der Waals surface area contributed by atoms with Gasteiger partial charge in [-0.25, -0.2) is 13.4 Å². The lowest BCUT2D eigenvalue weighted by molar-refractivity contribution is -0.126. The fraction of sp³-hybridized carbons (Fsp3) is 0.364. The summed E-state index contributed by atoms with van der Waals surface area (Å²) in [6.45, 7) is 7.27. The van der Waals surface area contributed by atoms with Crippen molar-refractivity contribution in [2.45, 2.75) is 18.7 Å². The zero-order chi connectivity index (χ0) is 21.6. The van der Waals surface area contributed by atoms with Crippen molar-refractivity contribution in [1.82, 2.24) is 14.2 Å². The summed E-state index contributed by atoms with van der Waals surface area (Å²) in [5.74, 6) is 0.885. The highest BCUT2D eigenvalue weighted by Gasteiger charge is 2.22. The van der Waals surface area contributed by atoms with Crippen LogP contribution >= 0.6 is 0 Å². The molecule has 160 valence electrons. The number of anilines is 1. The largest absolute Gasteiger partial charge is 0.353 e. The molecule has 0 saturated carbocycles. The summed E-state index contributed by atoms with van der Waals surface area (Å²) in [5, 5.41) is 0. The fourth-order valence-corrected chi connectivity index (χ4v) is 4.89. The van der Waals surface area contributed by atoms with Gasteiger partial charge in [0.25, 0.3) is 0 Å². The Labute approximate surface area is 178 Å². The molecule has 1 amide bonds. The van der Waals surface area contributed by atoms with Gasteiger partial charge in [-0.05, 0) is 35.9 Å². The Morgan fingerprint density at radius 3 is 2.27 bits per heavy atom. The van der Waals surface area contributed by atoms with Crippen LogP contribution in [0, 0.1) is 0 Å². The lowest BCUT2D eigenvalue weighted by Gasteiger charge is -2.34. The van der Waals surface area contributed by atoms with Crippen molar-refractivity contribution in [2.75, 3.05) is 44.2 Å². The maximum Gasteiger partial charge on any atom is 0.246 e. The minimum atomic E-state index is -3.47. The van der Waals surface area contributed by atoms with Gasteiger partial charge in [0, 0.05) is 51.5 Å². The second-order valence-electron chi connectivity index (χ2n) is 6.99. The predicted molar refractivity (Wildman–Crippen MR) is 119 cm³/mol. The van der Waals surface area contributed by atoms with Gasteiger partial charge in [0.15, 0.2) is 0 Å². The predicted octanol–water partition coefficient (Wildman–Crippen LogP) is 2.47. The van der Waals surface area contributed by atoms with Crippen molar-refractivity contribution in [2.24, 2.45) is 0 Å². The maximum atomic E-state index is 12.5. The Bertz CT molecular complexity index is 963. The second-order valence-corrected chi connectivity index (χ2v) is 8.93. The van der Waals surface area contributed by atoms with Crippen LogP contribution in [0.15, 0.2) is 59.6 Å². The third-order valence-corrected chi connectivity index (χ3v) is 7.27. The third kappa shape index (κ3) is 5.06. The van der Waals surface area contributed by atoms with Crippen molar-refractivity contribution in [3.05, 3.63) is 60.3 Å². The summed E-state index contributed by atoms with van der Waals surface area (Å²) in [7, 11) is -3.47. The van der Waals surface area contributed by atoms with Crippen LogP contribution < -0.4 is 4.90 Å². The summed E-state index contributed by atoms with van der Waals surface area (Å²) in [6.07, 6.45) is 5.04. The fourth-order valence-electron chi connectivity index (χ4n) is 3.43. The number of hydrogen-bond acceptors (Lipinski definition) is 5. The van der Waals surface area contributed by atoms with Crippen LogP contribution in [0.2, 0.25) is 0 Å². The van der Waals surface area contributed by atoms with Gasteiger partial charge in [-0.3, -0.25) is 4.79 Å². The summed E-state index contributed by atoms with van der Waals surface area (Å²) < 4.78 is 26.5. The molecular weight excluding hydrogens is 400 g/mol. The number of benzene rings is 1. The Morgan fingerprint density at radius 1 is 1.03 bits per heavy atom. The number of aromatic nitrogens is 1. The standard InChI is InChI=1S/C22H28N4O3S/c1-3-26(4-2)30(28,29)20-11-8-19(9-12-20)10-13-22(27)25-17-15-24(16-18-25)21-7-5-6-14-23-21/h5-14H,3-4,15-18H2,1-2H3. The van der Waals surface area contributed by atoms with Gasteiger partial charge < -0.3 is 9.80 Å². The number of sulfonamides is 1. The molecule has 30 heavy (non-hydrogen) atoms. The molecule has 0 unspecified atom stereocenters. The second kappa shape index (κ2) is 9.86. The van der Waals surface area contributed by atoms with E-state index in [0.29, 0.717) is 26.2 Å². The first-order valence-electron chi connectivity index (χ1n) is 10.2. The van der Waals surface area contributed by atoms with Crippen LogP contribution in [0.1, 0.15) is 19.4 Å². The van der Waals surface area contributed by atoms with Crippen LogP contribution in [0.25, 0.3) is 6.08 Å². The molecule has 0 aliphatic carbocycles. The number of hydrogen-bond donors (Lipinski definition) is 0. The average Bonchev–Trinajstić information content (AvgIpc) is 2.79. The summed E-state index contributed by atoms with van der Waals surface area (Å²) in [5.41, 5.74) is 0.786. The molecule has 1 aromatic carbocycles. The van der Waals surface area contributed by atoms with E-state index in [-0.39, 0.29) is 10.8 Å². The Hall–Kier alpha value is -2.71. The van der Waals surface area contributed by atoms with Gasteiger partial charge in [-0.15, -0.1) is 0 Å². The monoisotopic (exact) mass is 428 g/mol. The van der Waals surface area contributed by atoms with Gasteiger partial charge in [0.2, 0.25) is 15.9 Å². The smallest absolute Gasteiger partial charge is 0.246 e. The number of carbonyl (C=O) groups is 1. The topological polar surface area (TPSA) is 73.8 Å². The molecular formula is C22H28N4O3S. The molecule has 8 heteroatoms. The molecule has 0 bridgehead atoms. The van der Waals surface area contributed by atoms with E-state index in [4.69, 9.17) is 0 Å². The molecule has 0 N–H and O–H groups in total. The quantitative estimate of drug-likeness (QED) is 0.634. The first-order chi connectivity index (χ1) is 14.5. The molecule has 0 radical (unpaired) electrons. The molecule has 2 heterocycles. The van der Waals surface area contributed by atoms with Crippen molar-refractivity contribution in [3.63, 3.8) is 0 Å². The lowest BCUT2D eigenvalue weighted by Crippen LogP contribution is -2.48. The Kier molecular flexibility index (Phi) is 7.23. The number of rotatable bonds is 7. The van der Waals surface area contributed by atoms with E-state index in [1.54, 1.807) is 42.6 Å². The minimum absolute atomic E-state index is 0.0458. The van der Waals surface area contributed by atoms with E-state index in [1.807, 2.05) is 36.9 Å². The normalized spacial score (nSPS) is 15.2. The number of carbonyl (C=O) groups excluding carboxylic acids is 1. The maximum absolute atomic E-state index is 12.5. The van der Waals surface area contributed by atoms with E-state index in [1.165, 1.54) is 4.31 Å². The van der Waals surface area contributed by atoms with Crippen LogP contribution in [0.3, 0.4) is 0 Å². The van der Waals surface area contributed by atoms with Crippen molar-refractivity contribution >= 4 is 27.8 Å². The van der Waals surface area contributed by atoms with E-state index in [9.17, 15) is 13.2 Å². The lowest BCUT2D eigenvalue weighted by atomic mass is 10.2. The summed E-state index contributed by atoms with van der Waals surface area (Å²) in [6, 6.07) is 12.4. The summed E-state index contributed by atoms with van der Waals surface area (Å²) >= 11 is 0. The first-order valence-corrected chi connectivity index (χ1v) is 11.6. The highest BCUT2D eigenvalue weighted by Crippen LogP contribution is 2.17. The Morgan fingerprint density at radius 2 is 1.70 bits per heavy atom. The number of nitrogens with zero attached hydrogens (tertiary/aromatic N) is 4. The van der Waals surface area contributed by atoms with Gasteiger partial charge in [-0.2, -0.15) is 4.31 Å². The number of amides is 1. The van der Waals surface area contributed by atoms with Crippen LogP contribution in [0.4, 0.5) is 5.82 Å². The molecule has 1 saturated heterocycles. The van der Waals surface area contributed by atoms with E-state index in [0.717, 1.165) is 24.5 Å². The molecule has 1 aliphatic heterocycles. The van der Waals surface area contributed by atoms with Gasteiger partial charge in [0.05, 0.1) is 4.90 Å². The first kappa shape index (κ1) is 22.0. The van der Waals surface area contributed by atoms with E-state index in [2.05, 4.69) is 9.88 Å². The molecule has 2 aromatic rings. The molecule has 1 fully saturated rings. The van der Waals surface area contributed by atoms with Crippen LogP contribution in [-0.4, -0.2) is 67.8 Å².